The number of nitrogens with two attached hydrogens (primary N) is 1. The number of nitrogens with one attached hydrogen (secondary N) is 1. The molecule has 14 heavy (non-hydrogen) atoms. The lowest BCUT2D eigenvalue weighted by Gasteiger charge is -2.16. The van der Waals surface area contributed by atoms with Crippen LogP contribution >= 0.6 is 0 Å². The Morgan fingerprint density at radius 3 is 2.71 bits per heavy atom. The molecule has 1 rings (SSSR count). The van der Waals surface area contributed by atoms with Gasteiger partial charge in [0.1, 0.15) is 5.84 Å². The van der Waals surface area contributed by atoms with Crippen molar-refractivity contribution in [3.05, 3.63) is 0 Å². The summed E-state index contributed by atoms with van der Waals surface area (Å²) in [6, 6.07) is 0. The summed E-state index contributed by atoms with van der Waals surface area (Å²) < 4.78 is 0. The van der Waals surface area contributed by atoms with Crippen molar-refractivity contribution in [3.63, 3.8) is 0 Å². The number of nitrogens with zero attached hydrogens (tertiary/aromatic N) is 2. The molecule has 1 aliphatic rings. The van der Waals surface area contributed by atoms with Gasteiger partial charge in [0.15, 0.2) is 0 Å². The third kappa shape index (κ3) is 3.87. The highest BCUT2D eigenvalue weighted by atomic mass is 15.3. The predicted molar refractivity (Wildman–Crippen MR) is 60.1 cm³/mol. The van der Waals surface area contributed by atoms with Crippen molar-refractivity contribution < 1.29 is 0 Å². The molecule has 0 amide bonds. The number of amidine groups is 1. The predicted octanol–water partition coefficient (Wildman–Crippen LogP) is 1.82. The van der Waals surface area contributed by atoms with Crippen molar-refractivity contribution >= 4 is 12.1 Å². The molecule has 0 spiro atoms. The Morgan fingerprint density at radius 1 is 1.43 bits per heavy atom. The zero-order valence-electron chi connectivity index (χ0n) is 8.87. The fourth-order valence-electron chi connectivity index (χ4n) is 1.68. The standard InChI is InChI=1S/C10H20N4/c1-2-10(13-11)14-12-8-9-6-4-3-5-7-9/h8-9H,2-7,11H2,1H3,(H,13,14)/b12-8-. The highest BCUT2D eigenvalue weighted by Gasteiger charge is 2.10. The molecule has 0 aromatic carbocycles. The van der Waals surface area contributed by atoms with Crippen LogP contribution in [0.15, 0.2) is 10.2 Å². The van der Waals surface area contributed by atoms with Crippen LogP contribution in [0.4, 0.5) is 0 Å². The Morgan fingerprint density at radius 2 is 2.14 bits per heavy atom. The van der Waals surface area contributed by atoms with Crippen LogP contribution in [0.3, 0.4) is 0 Å². The molecular formula is C10H20N4. The zero-order chi connectivity index (χ0) is 10.2. The normalized spacial score (nSPS) is 20.3. The fourth-order valence-corrected chi connectivity index (χ4v) is 1.68. The van der Waals surface area contributed by atoms with Crippen LogP contribution in [-0.2, 0) is 0 Å². The molecule has 0 heterocycles. The Kier molecular flexibility index (Phi) is 5.22. The van der Waals surface area contributed by atoms with Gasteiger partial charge in [-0.3, -0.25) is 0 Å². The zero-order valence-corrected chi connectivity index (χ0v) is 8.87. The number of hydrazine groups is 1. The van der Waals surface area contributed by atoms with E-state index in [4.69, 9.17) is 5.84 Å². The first kappa shape index (κ1) is 11.2. The van der Waals surface area contributed by atoms with Crippen LogP contribution in [-0.4, -0.2) is 12.1 Å². The van der Waals surface area contributed by atoms with Crippen molar-refractivity contribution in [2.24, 2.45) is 22.0 Å². The molecule has 0 aromatic rings. The summed E-state index contributed by atoms with van der Waals surface area (Å²) >= 11 is 0. The summed E-state index contributed by atoms with van der Waals surface area (Å²) in [5.74, 6) is 6.61. The largest absolute Gasteiger partial charge is 0.310 e. The number of hydrogen-bond donors (Lipinski definition) is 2. The molecule has 4 heteroatoms. The van der Waals surface area contributed by atoms with Gasteiger partial charge in [-0.15, -0.1) is 5.10 Å². The molecule has 3 N–H and O–H groups in total. The SMILES string of the molecule is CC/C(=N\N=C/C1CCCCC1)NN. The summed E-state index contributed by atoms with van der Waals surface area (Å²) in [7, 11) is 0. The van der Waals surface area contributed by atoms with Crippen LogP contribution in [0.1, 0.15) is 45.4 Å². The number of hydrogen-bond acceptors (Lipinski definition) is 3. The van der Waals surface area contributed by atoms with Gasteiger partial charge in [0.05, 0.1) is 0 Å². The van der Waals surface area contributed by atoms with E-state index in [1.165, 1.54) is 32.1 Å². The van der Waals surface area contributed by atoms with E-state index in [2.05, 4.69) is 15.6 Å². The summed E-state index contributed by atoms with van der Waals surface area (Å²) in [5, 5.41) is 8.06. The maximum atomic E-state index is 5.25. The van der Waals surface area contributed by atoms with Gasteiger partial charge in [0.2, 0.25) is 0 Å². The van der Waals surface area contributed by atoms with E-state index >= 15 is 0 Å². The molecule has 0 saturated heterocycles. The van der Waals surface area contributed by atoms with Crippen LogP contribution in [0, 0.1) is 5.92 Å². The van der Waals surface area contributed by atoms with E-state index in [0.29, 0.717) is 5.92 Å². The van der Waals surface area contributed by atoms with Gasteiger partial charge >= 0.3 is 0 Å². The summed E-state index contributed by atoms with van der Waals surface area (Å²) in [6.07, 6.45) is 9.31. The quantitative estimate of drug-likeness (QED) is 0.313. The number of rotatable bonds is 3. The molecule has 0 aromatic heterocycles. The summed E-state index contributed by atoms with van der Waals surface area (Å²) in [4.78, 5) is 0. The van der Waals surface area contributed by atoms with E-state index in [1.807, 2.05) is 13.1 Å². The minimum atomic E-state index is 0.628. The average Bonchev–Trinajstić information content (AvgIpc) is 2.26. The van der Waals surface area contributed by atoms with Gasteiger partial charge in [0, 0.05) is 12.6 Å². The summed E-state index contributed by atoms with van der Waals surface area (Å²) in [5.41, 5.74) is 2.53. The van der Waals surface area contributed by atoms with Gasteiger partial charge < -0.3 is 5.43 Å². The van der Waals surface area contributed by atoms with Crippen molar-refractivity contribution in [3.8, 4) is 0 Å². The van der Waals surface area contributed by atoms with Crippen molar-refractivity contribution in [1.82, 2.24) is 5.43 Å². The van der Waals surface area contributed by atoms with E-state index in [0.717, 1.165) is 12.3 Å². The third-order valence-corrected chi connectivity index (χ3v) is 2.61. The Balaban J connectivity index is 2.34. The third-order valence-electron chi connectivity index (χ3n) is 2.61. The minimum absolute atomic E-state index is 0.628. The van der Waals surface area contributed by atoms with Gasteiger partial charge in [-0.05, 0) is 18.8 Å². The first-order chi connectivity index (χ1) is 6.86. The fraction of sp³-hybridized carbons (Fsp3) is 0.800. The van der Waals surface area contributed by atoms with Gasteiger partial charge in [-0.1, -0.05) is 26.2 Å². The van der Waals surface area contributed by atoms with Crippen LogP contribution in [0.25, 0.3) is 0 Å². The molecule has 1 saturated carbocycles. The highest BCUT2D eigenvalue weighted by molar-refractivity contribution is 5.81. The van der Waals surface area contributed by atoms with Crippen LogP contribution < -0.4 is 11.3 Å². The first-order valence-electron chi connectivity index (χ1n) is 5.43. The van der Waals surface area contributed by atoms with Gasteiger partial charge in [0.25, 0.3) is 0 Å². The second-order valence-corrected chi connectivity index (χ2v) is 3.71. The topological polar surface area (TPSA) is 62.8 Å². The molecule has 1 fully saturated rings. The van der Waals surface area contributed by atoms with Gasteiger partial charge in [-0.25, -0.2) is 5.84 Å². The van der Waals surface area contributed by atoms with Crippen LogP contribution in [0.2, 0.25) is 0 Å². The molecule has 0 bridgehead atoms. The van der Waals surface area contributed by atoms with Crippen molar-refractivity contribution in [1.29, 1.82) is 0 Å². The van der Waals surface area contributed by atoms with E-state index in [-0.39, 0.29) is 0 Å². The van der Waals surface area contributed by atoms with E-state index in [1.54, 1.807) is 0 Å². The molecule has 0 aliphatic heterocycles. The molecule has 0 radical (unpaired) electrons. The monoisotopic (exact) mass is 196 g/mol. The molecular weight excluding hydrogens is 176 g/mol. The second-order valence-electron chi connectivity index (χ2n) is 3.71. The first-order valence-corrected chi connectivity index (χ1v) is 5.43. The Labute approximate surface area is 85.6 Å². The van der Waals surface area contributed by atoms with Crippen molar-refractivity contribution in [2.45, 2.75) is 45.4 Å². The smallest absolute Gasteiger partial charge is 0.138 e. The van der Waals surface area contributed by atoms with Crippen molar-refractivity contribution in [2.75, 3.05) is 0 Å². The Hall–Kier alpha value is -0.900. The maximum Gasteiger partial charge on any atom is 0.138 e. The second kappa shape index (κ2) is 6.54. The molecule has 1 aliphatic carbocycles. The minimum Gasteiger partial charge on any atom is -0.310 e. The van der Waals surface area contributed by atoms with Crippen LogP contribution in [0.5, 0.6) is 0 Å². The van der Waals surface area contributed by atoms with Gasteiger partial charge in [-0.2, -0.15) is 5.10 Å². The lowest BCUT2D eigenvalue weighted by Crippen LogP contribution is -2.29. The van der Waals surface area contributed by atoms with E-state index in [9.17, 15) is 0 Å². The molecule has 80 valence electrons. The highest BCUT2D eigenvalue weighted by Crippen LogP contribution is 2.21. The maximum absolute atomic E-state index is 5.25. The summed E-state index contributed by atoms with van der Waals surface area (Å²) in [6.45, 7) is 1.99. The van der Waals surface area contributed by atoms with E-state index < -0.39 is 0 Å². The molecule has 4 nitrogen and oxygen atoms in total. The average molecular weight is 196 g/mol. The molecule has 0 atom stereocenters. The lowest BCUT2D eigenvalue weighted by molar-refractivity contribution is 0.444. The lowest BCUT2D eigenvalue weighted by atomic mass is 9.90. The Bertz CT molecular complexity index is 198. The molecule has 0 unspecified atom stereocenters.